The van der Waals surface area contributed by atoms with E-state index in [-0.39, 0.29) is 18.3 Å². The van der Waals surface area contributed by atoms with Crippen LogP contribution in [0.2, 0.25) is 0 Å². The molecule has 0 spiro atoms. The molecule has 35 heavy (non-hydrogen) atoms. The molecular formula is C25H22FN5O3S. The lowest BCUT2D eigenvalue weighted by Crippen LogP contribution is -2.41. The Kier molecular flexibility index (Phi) is 6.53. The molecule has 0 fully saturated rings. The van der Waals surface area contributed by atoms with Crippen molar-refractivity contribution in [2.45, 2.75) is 23.1 Å². The minimum Gasteiger partial charge on any atom is -0.497 e. The summed E-state index contributed by atoms with van der Waals surface area (Å²) in [5.41, 5.74) is 4.70. The number of methoxy groups -OCH3 is 1. The molecule has 0 bridgehead atoms. The third kappa shape index (κ3) is 5.07. The number of nitrogens with one attached hydrogen (secondary N) is 2. The lowest BCUT2D eigenvalue weighted by Gasteiger charge is -2.33. The van der Waals surface area contributed by atoms with Crippen LogP contribution in [0.3, 0.4) is 0 Å². The van der Waals surface area contributed by atoms with E-state index in [0.717, 1.165) is 5.56 Å². The highest BCUT2D eigenvalue weighted by atomic mass is 32.2. The first-order chi connectivity index (χ1) is 17.1. The highest BCUT2D eigenvalue weighted by Gasteiger charge is 2.38. The molecule has 5 rings (SSSR count). The second-order valence-electron chi connectivity index (χ2n) is 7.75. The lowest BCUT2D eigenvalue weighted by atomic mass is 10.0. The van der Waals surface area contributed by atoms with Crippen LogP contribution in [0.25, 0.3) is 0 Å². The van der Waals surface area contributed by atoms with Crippen LogP contribution in [0.15, 0.2) is 84.0 Å². The van der Waals surface area contributed by atoms with Crippen molar-refractivity contribution in [3.63, 3.8) is 0 Å². The molecular weight excluding hydrogens is 469 g/mol. The number of benzene rings is 3. The fraction of sp³-hybridized carbons (Fsp3) is 0.160. The Hall–Kier alpha value is -4.05. The number of hydrogen-bond acceptors (Lipinski definition) is 7. The Bertz CT molecular complexity index is 1320. The average molecular weight is 492 g/mol. The topological polar surface area (TPSA) is 90.3 Å². The third-order valence-corrected chi connectivity index (χ3v) is 6.65. The molecule has 178 valence electrons. The maximum Gasteiger partial charge on any atom is 0.240 e. The zero-order valence-corrected chi connectivity index (χ0v) is 19.5. The van der Waals surface area contributed by atoms with Gasteiger partial charge in [0.1, 0.15) is 29.2 Å². The van der Waals surface area contributed by atoms with E-state index in [1.54, 1.807) is 48.2 Å². The van der Waals surface area contributed by atoms with Crippen LogP contribution in [0.4, 0.5) is 10.1 Å². The normalized spacial score (nSPS) is 16.6. The van der Waals surface area contributed by atoms with E-state index >= 15 is 0 Å². The number of para-hydroxylation sites is 1. The van der Waals surface area contributed by atoms with Gasteiger partial charge in [-0.2, -0.15) is 0 Å². The quantitative estimate of drug-likeness (QED) is 0.396. The van der Waals surface area contributed by atoms with Gasteiger partial charge in [0, 0.05) is 11.8 Å². The zero-order valence-electron chi connectivity index (χ0n) is 18.7. The van der Waals surface area contributed by atoms with Crippen LogP contribution in [-0.2, 0) is 11.4 Å². The summed E-state index contributed by atoms with van der Waals surface area (Å²) in [5, 5.41) is 11.4. The summed E-state index contributed by atoms with van der Waals surface area (Å²) < 4.78 is 26.4. The number of ether oxygens (including phenoxy) is 2. The highest BCUT2D eigenvalue weighted by Crippen LogP contribution is 2.38. The molecule has 0 radical (unpaired) electrons. The monoisotopic (exact) mass is 491 g/mol. The van der Waals surface area contributed by atoms with E-state index in [4.69, 9.17) is 9.47 Å². The number of fused-ring (bicyclic) bond motifs is 1. The summed E-state index contributed by atoms with van der Waals surface area (Å²) in [6.07, 6.45) is 0. The van der Waals surface area contributed by atoms with Gasteiger partial charge in [-0.3, -0.25) is 4.79 Å². The largest absolute Gasteiger partial charge is 0.497 e. The predicted molar refractivity (Wildman–Crippen MR) is 131 cm³/mol. The number of rotatable bonds is 7. The Morgan fingerprint density at radius 3 is 2.60 bits per heavy atom. The van der Waals surface area contributed by atoms with Crippen molar-refractivity contribution in [1.82, 2.24) is 14.9 Å². The van der Waals surface area contributed by atoms with Gasteiger partial charge in [0.05, 0.1) is 13.2 Å². The first kappa shape index (κ1) is 22.7. The fourth-order valence-electron chi connectivity index (χ4n) is 3.69. The van der Waals surface area contributed by atoms with E-state index in [0.29, 0.717) is 28.2 Å². The van der Waals surface area contributed by atoms with Crippen LogP contribution in [0.5, 0.6) is 11.5 Å². The van der Waals surface area contributed by atoms with E-state index in [9.17, 15) is 9.18 Å². The van der Waals surface area contributed by atoms with E-state index < -0.39 is 11.3 Å². The van der Waals surface area contributed by atoms with Crippen molar-refractivity contribution in [3.8, 4) is 11.5 Å². The maximum atomic E-state index is 13.6. The minimum absolute atomic E-state index is 0.182. The number of anilines is 1. The van der Waals surface area contributed by atoms with E-state index in [1.807, 2.05) is 30.3 Å². The molecule has 3 aromatic carbocycles. The molecule has 8 nitrogen and oxygen atoms in total. The van der Waals surface area contributed by atoms with Crippen molar-refractivity contribution in [1.29, 1.82) is 0 Å². The number of hydrogen-bond donors (Lipinski definition) is 2. The summed E-state index contributed by atoms with van der Waals surface area (Å²) in [6.45, 7) is 0.182. The molecule has 4 aromatic rings. The Morgan fingerprint density at radius 1 is 1.06 bits per heavy atom. The first-order valence-electron chi connectivity index (χ1n) is 10.9. The van der Waals surface area contributed by atoms with Crippen molar-refractivity contribution < 1.29 is 18.7 Å². The Balaban J connectivity index is 1.41. The molecule has 0 aliphatic carbocycles. The van der Waals surface area contributed by atoms with Crippen molar-refractivity contribution in [2.24, 2.45) is 0 Å². The summed E-state index contributed by atoms with van der Waals surface area (Å²) in [6, 6.07) is 22.1. The molecule has 1 aliphatic heterocycles. The lowest BCUT2D eigenvalue weighted by molar-refractivity contribution is -0.116. The summed E-state index contributed by atoms with van der Waals surface area (Å²) in [4.78, 5) is 13.4. The molecule has 0 saturated heterocycles. The number of carbonyl (C=O) groups is 1. The molecule has 1 aromatic heterocycles. The molecule has 10 heteroatoms. The first-order valence-corrected chi connectivity index (χ1v) is 11.7. The van der Waals surface area contributed by atoms with Crippen LogP contribution in [0.1, 0.15) is 17.4 Å². The Morgan fingerprint density at radius 2 is 1.83 bits per heavy atom. The van der Waals surface area contributed by atoms with Crippen LogP contribution < -0.4 is 20.2 Å². The summed E-state index contributed by atoms with van der Waals surface area (Å²) >= 11 is 1.28. The number of halogens is 1. The minimum atomic E-state index is -0.605. The second kappa shape index (κ2) is 10.1. The van der Waals surface area contributed by atoms with Gasteiger partial charge in [0.2, 0.25) is 11.1 Å². The van der Waals surface area contributed by atoms with Crippen LogP contribution in [0, 0.1) is 5.82 Å². The van der Waals surface area contributed by atoms with Gasteiger partial charge in [-0.05, 0) is 42.0 Å². The number of nitrogens with zero attached hydrogens (tertiary/aromatic N) is 3. The molecule has 0 saturated carbocycles. The number of amides is 1. The molecule has 2 atom stereocenters. The van der Waals surface area contributed by atoms with Crippen LogP contribution >= 0.6 is 11.8 Å². The van der Waals surface area contributed by atoms with Crippen molar-refractivity contribution in [2.75, 3.05) is 17.9 Å². The molecule has 1 aliphatic rings. The standard InChI is InChI=1S/C25H22FN5O3S/c1-33-20-9-5-6-18(14-20)27-24(32)23-22(16-10-12-17(26)13-11-16)30-31-21(28-29-25(31)35-23)15-34-19-7-3-2-4-8-19/h2-14,22-23,30H,15H2,1H3,(H,27,32)/t22-,23+/m0/s1. The number of thioether (sulfide) groups is 1. The summed E-state index contributed by atoms with van der Waals surface area (Å²) in [7, 11) is 1.57. The highest BCUT2D eigenvalue weighted by molar-refractivity contribution is 8.00. The SMILES string of the molecule is COc1cccc(NC(=O)[C@@H]2Sc3nnc(COc4ccccc4)n3N[C@H]2c2ccc(F)cc2)c1. The maximum absolute atomic E-state index is 13.6. The molecule has 0 unspecified atom stereocenters. The van der Waals surface area contributed by atoms with Gasteiger partial charge in [-0.15, -0.1) is 10.2 Å². The molecule has 1 amide bonds. The molecule has 2 N–H and O–H groups in total. The Labute approximate surface area is 205 Å². The summed E-state index contributed by atoms with van der Waals surface area (Å²) in [5.74, 6) is 1.31. The van der Waals surface area contributed by atoms with Crippen molar-refractivity contribution in [3.05, 3.63) is 96.1 Å². The predicted octanol–water partition coefficient (Wildman–Crippen LogP) is 4.40. The second-order valence-corrected chi connectivity index (χ2v) is 8.86. The fourth-order valence-corrected chi connectivity index (χ4v) is 4.79. The number of aromatic nitrogens is 3. The average Bonchev–Trinajstić information content (AvgIpc) is 3.30. The van der Waals surface area contributed by atoms with Crippen molar-refractivity contribution >= 4 is 23.4 Å². The molecule has 2 heterocycles. The number of carbonyl (C=O) groups excluding carboxylic acids is 1. The van der Waals surface area contributed by atoms with Gasteiger partial charge in [0.15, 0.2) is 5.82 Å². The van der Waals surface area contributed by atoms with Gasteiger partial charge < -0.3 is 20.2 Å². The van der Waals surface area contributed by atoms with Crippen LogP contribution in [-0.4, -0.2) is 33.1 Å². The third-order valence-electron chi connectivity index (χ3n) is 5.44. The van der Waals surface area contributed by atoms with Gasteiger partial charge >= 0.3 is 0 Å². The van der Waals surface area contributed by atoms with Gasteiger partial charge in [0.25, 0.3) is 0 Å². The van der Waals surface area contributed by atoms with E-state index in [1.165, 1.54) is 23.9 Å². The van der Waals surface area contributed by atoms with E-state index in [2.05, 4.69) is 20.9 Å². The smallest absolute Gasteiger partial charge is 0.240 e. The van der Waals surface area contributed by atoms with Gasteiger partial charge in [-0.1, -0.05) is 48.2 Å². The van der Waals surface area contributed by atoms with Gasteiger partial charge in [-0.25, -0.2) is 9.07 Å². The zero-order chi connectivity index (χ0) is 24.2.